The van der Waals surface area contributed by atoms with Gasteiger partial charge < -0.3 is 5.32 Å². The van der Waals surface area contributed by atoms with E-state index in [9.17, 15) is 27.6 Å². The molecule has 28 heavy (non-hydrogen) atoms. The predicted octanol–water partition coefficient (Wildman–Crippen LogP) is 1.67. The number of halogens is 3. The van der Waals surface area contributed by atoms with Crippen molar-refractivity contribution in [2.24, 2.45) is 14.1 Å². The number of benzene rings is 1. The Morgan fingerprint density at radius 3 is 2.36 bits per heavy atom. The molecule has 3 aromatic rings. The third-order valence-corrected chi connectivity index (χ3v) is 4.29. The molecule has 1 unspecified atom stereocenters. The third-order valence-electron chi connectivity index (χ3n) is 4.29. The molecular weight excluding hydrogens is 377 g/mol. The molecule has 3 rings (SSSR count). The van der Waals surface area contributed by atoms with Crippen molar-refractivity contribution in [1.82, 2.24) is 19.4 Å². The molecule has 1 aromatic carbocycles. The number of fused-ring (bicyclic) bond motifs is 1. The van der Waals surface area contributed by atoms with E-state index in [-0.39, 0.29) is 22.2 Å². The Kier molecular flexibility index (Phi) is 4.80. The summed E-state index contributed by atoms with van der Waals surface area (Å²) in [5.41, 5.74) is -1.64. The fourth-order valence-corrected chi connectivity index (χ4v) is 2.80. The van der Waals surface area contributed by atoms with Crippen molar-refractivity contribution in [2.45, 2.75) is 12.2 Å². The second-order valence-corrected chi connectivity index (χ2v) is 6.16. The number of rotatable bonds is 3. The van der Waals surface area contributed by atoms with Crippen LogP contribution in [0.25, 0.3) is 11.0 Å². The Morgan fingerprint density at radius 2 is 1.75 bits per heavy atom. The van der Waals surface area contributed by atoms with Gasteiger partial charge in [-0.2, -0.15) is 13.2 Å². The molecule has 0 spiro atoms. The average molecular weight is 392 g/mol. The first kappa shape index (κ1) is 19.3. The zero-order valence-electron chi connectivity index (χ0n) is 14.8. The van der Waals surface area contributed by atoms with E-state index < -0.39 is 29.4 Å². The van der Waals surface area contributed by atoms with E-state index in [0.29, 0.717) is 0 Å². The quantitative estimate of drug-likeness (QED) is 0.735. The molecule has 0 saturated carbocycles. The minimum absolute atomic E-state index is 0.0279. The standard InChI is InChI=1S/C18H15F3N4O3/c1-24-14-12(16(27)25(2)17(24)28)8-11(9-22-14)15(26)23-13(18(19,20)21)10-6-4-3-5-7-10/h3-9,13H,1-2H3,(H,23,26). The summed E-state index contributed by atoms with van der Waals surface area (Å²) in [7, 11) is 2.65. The van der Waals surface area contributed by atoms with Crippen molar-refractivity contribution in [2.75, 3.05) is 0 Å². The monoisotopic (exact) mass is 392 g/mol. The van der Waals surface area contributed by atoms with E-state index in [4.69, 9.17) is 0 Å². The number of pyridine rings is 1. The lowest BCUT2D eigenvalue weighted by molar-refractivity contribution is -0.155. The minimum Gasteiger partial charge on any atom is -0.337 e. The first-order valence-electron chi connectivity index (χ1n) is 8.09. The molecule has 0 aliphatic carbocycles. The van der Waals surface area contributed by atoms with Crippen molar-refractivity contribution in [1.29, 1.82) is 0 Å². The minimum atomic E-state index is -4.72. The first-order chi connectivity index (χ1) is 13.1. The molecule has 1 N–H and O–H groups in total. The Hall–Kier alpha value is -3.43. The normalized spacial score (nSPS) is 12.8. The molecule has 7 nitrogen and oxygen atoms in total. The Bertz CT molecular complexity index is 1170. The molecule has 2 heterocycles. The highest BCUT2D eigenvalue weighted by Gasteiger charge is 2.42. The van der Waals surface area contributed by atoms with Gasteiger partial charge in [-0.3, -0.25) is 18.7 Å². The Labute approximate surface area is 156 Å². The number of alkyl halides is 3. The van der Waals surface area contributed by atoms with Crippen molar-refractivity contribution in [3.8, 4) is 0 Å². The highest BCUT2D eigenvalue weighted by molar-refractivity contribution is 5.97. The number of nitrogens with zero attached hydrogens (tertiary/aromatic N) is 3. The maximum absolute atomic E-state index is 13.4. The van der Waals surface area contributed by atoms with Crippen LogP contribution < -0.4 is 16.6 Å². The van der Waals surface area contributed by atoms with Gasteiger partial charge in [0.25, 0.3) is 11.5 Å². The second kappa shape index (κ2) is 6.95. The van der Waals surface area contributed by atoms with Gasteiger partial charge in [0.1, 0.15) is 5.65 Å². The van der Waals surface area contributed by atoms with Gasteiger partial charge in [-0.15, -0.1) is 0 Å². The molecule has 1 amide bonds. The van der Waals surface area contributed by atoms with E-state index in [0.717, 1.165) is 21.4 Å². The average Bonchev–Trinajstić information content (AvgIpc) is 2.68. The third kappa shape index (κ3) is 3.40. The molecule has 1 atom stereocenters. The molecule has 0 fully saturated rings. The molecule has 0 aliphatic heterocycles. The molecule has 0 saturated heterocycles. The fourth-order valence-electron chi connectivity index (χ4n) is 2.80. The Balaban J connectivity index is 2.03. The zero-order valence-corrected chi connectivity index (χ0v) is 14.8. The highest BCUT2D eigenvalue weighted by Crippen LogP contribution is 2.32. The van der Waals surface area contributed by atoms with E-state index >= 15 is 0 Å². The first-order valence-corrected chi connectivity index (χ1v) is 8.09. The number of amides is 1. The largest absolute Gasteiger partial charge is 0.412 e. The van der Waals surface area contributed by atoms with Crippen LogP contribution in [0.3, 0.4) is 0 Å². The van der Waals surface area contributed by atoms with Gasteiger partial charge in [0.05, 0.1) is 10.9 Å². The summed E-state index contributed by atoms with van der Waals surface area (Å²) in [6, 6.07) is 5.83. The number of nitrogens with one attached hydrogen (secondary N) is 1. The van der Waals surface area contributed by atoms with Crippen LogP contribution in [0.5, 0.6) is 0 Å². The van der Waals surface area contributed by atoms with Crippen molar-refractivity contribution in [3.63, 3.8) is 0 Å². The SMILES string of the molecule is Cn1c(=O)c2cc(C(=O)NC(c3ccccc3)C(F)(F)F)cnc2n(C)c1=O. The predicted molar refractivity (Wildman–Crippen MR) is 94.9 cm³/mol. The zero-order chi connectivity index (χ0) is 20.6. The Morgan fingerprint density at radius 1 is 1.11 bits per heavy atom. The molecular formula is C18H15F3N4O3. The van der Waals surface area contributed by atoms with Crippen molar-refractivity contribution in [3.05, 3.63) is 74.6 Å². The number of aromatic nitrogens is 3. The maximum Gasteiger partial charge on any atom is 0.412 e. The van der Waals surface area contributed by atoms with Crippen LogP contribution in [-0.2, 0) is 14.1 Å². The summed E-state index contributed by atoms with van der Waals surface area (Å²) in [5.74, 6) is -1.04. The lowest BCUT2D eigenvalue weighted by atomic mass is 10.1. The number of carbonyl (C=O) groups excluding carboxylic acids is 1. The van der Waals surface area contributed by atoms with Gasteiger partial charge >= 0.3 is 11.9 Å². The fraction of sp³-hybridized carbons (Fsp3) is 0.222. The lowest BCUT2D eigenvalue weighted by Gasteiger charge is -2.22. The molecule has 0 radical (unpaired) electrons. The summed E-state index contributed by atoms with van der Waals surface area (Å²) in [5, 5.41) is 1.88. The molecule has 2 aromatic heterocycles. The van der Waals surface area contributed by atoms with E-state index in [2.05, 4.69) is 4.98 Å². The maximum atomic E-state index is 13.4. The van der Waals surface area contributed by atoms with Crippen molar-refractivity contribution < 1.29 is 18.0 Å². The summed E-state index contributed by atoms with van der Waals surface area (Å²) >= 11 is 0. The van der Waals surface area contributed by atoms with Crippen LogP contribution in [0.2, 0.25) is 0 Å². The van der Waals surface area contributed by atoms with Gasteiger partial charge in [-0.25, -0.2) is 9.78 Å². The van der Waals surface area contributed by atoms with E-state index in [1.54, 1.807) is 6.07 Å². The van der Waals surface area contributed by atoms with Gasteiger partial charge in [0, 0.05) is 20.3 Å². The summed E-state index contributed by atoms with van der Waals surface area (Å²) in [6.07, 6.45) is -3.70. The lowest BCUT2D eigenvalue weighted by Crippen LogP contribution is -2.39. The van der Waals surface area contributed by atoms with Gasteiger partial charge in [0.2, 0.25) is 0 Å². The van der Waals surface area contributed by atoms with Crippen LogP contribution in [0.15, 0.2) is 52.2 Å². The molecule has 0 bridgehead atoms. The summed E-state index contributed by atoms with van der Waals surface area (Å²) in [6.45, 7) is 0. The van der Waals surface area contributed by atoms with Crippen LogP contribution in [-0.4, -0.2) is 26.2 Å². The number of carbonyl (C=O) groups is 1. The second-order valence-electron chi connectivity index (χ2n) is 6.16. The van der Waals surface area contributed by atoms with Crippen molar-refractivity contribution >= 4 is 16.9 Å². The molecule has 146 valence electrons. The van der Waals surface area contributed by atoms with Gasteiger partial charge in [0.15, 0.2) is 6.04 Å². The number of hydrogen-bond acceptors (Lipinski definition) is 4. The van der Waals surface area contributed by atoms with Crippen LogP contribution >= 0.6 is 0 Å². The summed E-state index contributed by atoms with van der Waals surface area (Å²) < 4.78 is 42.2. The van der Waals surface area contributed by atoms with E-state index in [1.807, 2.05) is 5.32 Å². The van der Waals surface area contributed by atoms with Crippen LogP contribution in [0.4, 0.5) is 13.2 Å². The molecule has 10 heteroatoms. The van der Waals surface area contributed by atoms with Crippen LogP contribution in [0.1, 0.15) is 22.0 Å². The number of hydrogen-bond donors (Lipinski definition) is 1. The van der Waals surface area contributed by atoms with Gasteiger partial charge in [-0.05, 0) is 11.6 Å². The topological polar surface area (TPSA) is 86.0 Å². The van der Waals surface area contributed by atoms with Crippen LogP contribution in [0, 0.1) is 0 Å². The highest BCUT2D eigenvalue weighted by atomic mass is 19.4. The van der Waals surface area contributed by atoms with Gasteiger partial charge in [-0.1, -0.05) is 30.3 Å². The number of aryl methyl sites for hydroxylation is 1. The summed E-state index contributed by atoms with van der Waals surface area (Å²) in [4.78, 5) is 40.5. The van der Waals surface area contributed by atoms with E-state index in [1.165, 1.54) is 38.4 Å². The smallest absolute Gasteiger partial charge is 0.337 e. The molecule has 0 aliphatic rings.